The van der Waals surface area contributed by atoms with Gasteiger partial charge in [0, 0.05) is 0 Å². The average molecular weight is 275 g/mol. The number of rotatable bonds is 4. The molecule has 6 heteroatoms. The fraction of sp³-hybridized carbons (Fsp3) is 0.727. The van der Waals surface area contributed by atoms with Crippen molar-refractivity contribution in [1.29, 1.82) is 0 Å². The van der Waals surface area contributed by atoms with Crippen LogP contribution in [-0.4, -0.2) is 31.1 Å². The van der Waals surface area contributed by atoms with Crippen LogP contribution in [0, 0.1) is 5.92 Å². The molecule has 1 fully saturated rings. The van der Waals surface area contributed by atoms with Crippen LogP contribution in [0.25, 0.3) is 0 Å². The molecular weight excluding hydrogens is 258 g/mol. The number of amides is 2. The van der Waals surface area contributed by atoms with Crippen LogP contribution in [-0.2, 0) is 4.79 Å². The average Bonchev–Trinajstić information content (AvgIpc) is 2.46. The summed E-state index contributed by atoms with van der Waals surface area (Å²) in [5, 5.41) is 8.94. The van der Waals surface area contributed by atoms with Gasteiger partial charge in [-0.15, -0.1) is 0 Å². The van der Waals surface area contributed by atoms with Gasteiger partial charge in [0.05, 0.1) is 4.75 Å². The maximum atomic E-state index is 12.1. The summed E-state index contributed by atoms with van der Waals surface area (Å²) in [4.78, 5) is 23.7. The molecule has 0 aromatic carbocycles. The Labute approximate surface area is 111 Å². The van der Waals surface area contributed by atoms with Crippen molar-refractivity contribution in [1.82, 2.24) is 4.90 Å². The van der Waals surface area contributed by atoms with E-state index in [9.17, 15) is 9.59 Å². The zero-order valence-corrected chi connectivity index (χ0v) is 11.9. The van der Waals surface area contributed by atoms with Gasteiger partial charge in [0.15, 0.2) is 4.32 Å². The Morgan fingerprint density at radius 3 is 2.41 bits per heavy atom. The van der Waals surface area contributed by atoms with Crippen molar-refractivity contribution in [2.45, 2.75) is 44.8 Å². The van der Waals surface area contributed by atoms with Crippen LogP contribution in [0.3, 0.4) is 0 Å². The molecule has 1 atom stereocenters. The zero-order valence-electron chi connectivity index (χ0n) is 10.2. The third kappa shape index (κ3) is 2.80. The molecule has 0 aromatic heterocycles. The predicted molar refractivity (Wildman–Crippen MR) is 72.2 cm³/mol. The normalized spacial score (nSPS) is 24.8. The van der Waals surface area contributed by atoms with E-state index < -0.39 is 16.7 Å². The van der Waals surface area contributed by atoms with Crippen molar-refractivity contribution in [2.24, 2.45) is 5.92 Å². The first kappa shape index (κ1) is 14.4. The predicted octanol–water partition coefficient (Wildman–Crippen LogP) is 3.11. The molecule has 0 spiro atoms. The molecule has 0 radical (unpaired) electrons. The lowest BCUT2D eigenvalue weighted by molar-refractivity contribution is -0.127. The molecule has 1 saturated heterocycles. The van der Waals surface area contributed by atoms with Crippen LogP contribution in [0.2, 0.25) is 0 Å². The highest BCUT2D eigenvalue weighted by atomic mass is 32.2. The minimum absolute atomic E-state index is 0.149. The summed E-state index contributed by atoms with van der Waals surface area (Å²) in [5.41, 5.74) is 0. The number of thiocarbonyl (C=S) groups is 1. The van der Waals surface area contributed by atoms with E-state index in [2.05, 4.69) is 13.8 Å². The van der Waals surface area contributed by atoms with E-state index in [1.807, 2.05) is 0 Å². The molecule has 1 rings (SSSR count). The monoisotopic (exact) mass is 275 g/mol. The molecule has 1 heterocycles. The Kier molecular flexibility index (Phi) is 4.55. The van der Waals surface area contributed by atoms with E-state index in [0.717, 1.165) is 12.8 Å². The molecule has 0 aliphatic carbocycles. The quantitative estimate of drug-likeness (QED) is 0.799. The Morgan fingerprint density at radius 1 is 1.53 bits per heavy atom. The number of thioether (sulfide) groups is 1. The van der Waals surface area contributed by atoms with E-state index in [1.54, 1.807) is 6.92 Å². The number of nitrogens with zero attached hydrogens (tertiary/aromatic N) is 1. The second-order valence-corrected chi connectivity index (χ2v) is 6.55. The summed E-state index contributed by atoms with van der Waals surface area (Å²) in [7, 11) is 0. The highest BCUT2D eigenvalue weighted by molar-refractivity contribution is 8.25. The van der Waals surface area contributed by atoms with Gasteiger partial charge < -0.3 is 5.11 Å². The number of imide groups is 1. The zero-order chi connectivity index (χ0) is 13.2. The SMILES string of the molecule is CCC(CC)CC1(C)SC(=S)N(C(=O)O)C1=O. The Bertz CT molecular complexity index is 355. The summed E-state index contributed by atoms with van der Waals surface area (Å²) in [5.74, 6) is 0.0277. The van der Waals surface area contributed by atoms with E-state index in [0.29, 0.717) is 17.2 Å². The lowest BCUT2D eigenvalue weighted by Crippen LogP contribution is -2.41. The van der Waals surface area contributed by atoms with Crippen molar-refractivity contribution in [3.63, 3.8) is 0 Å². The molecule has 96 valence electrons. The van der Waals surface area contributed by atoms with Gasteiger partial charge >= 0.3 is 6.09 Å². The first-order valence-electron chi connectivity index (χ1n) is 5.66. The molecule has 0 aromatic rings. The fourth-order valence-electron chi connectivity index (χ4n) is 2.02. The summed E-state index contributed by atoms with van der Waals surface area (Å²) in [6.45, 7) is 5.94. The fourth-order valence-corrected chi connectivity index (χ4v) is 3.87. The maximum Gasteiger partial charge on any atom is 0.419 e. The van der Waals surface area contributed by atoms with Crippen LogP contribution >= 0.6 is 24.0 Å². The standard InChI is InChI=1S/C11H17NO3S2/c1-4-7(5-2)6-11(3)8(13)12(9(14)15)10(16)17-11/h7H,4-6H2,1-3H3,(H,14,15). The number of carboxylic acid groups (broad SMARTS) is 1. The van der Waals surface area contributed by atoms with Crippen molar-refractivity contribution >= 4 is 40.3 Å². The largest absolute Gasteiger partial charge is 0.464 e. The van der Waals surface area contributed by atoms with Crippen molar-refractivity contribution in [3.05, 3.63) is 0 Å². The lowest BCUT2D eigenvalue weighted by atomic mass is 9.90. The Balaban J connectivity index is 2.88. The molecule has 1 unspecified atom stereocenters. The van der Waals surface area contributed by atoms with Gasteiger partial charge in [-0.2, -0.15) is 4.90 Å². The van der Waals surface area contributed by atoms with Crippen LogP contribution in [0.15, 0.2) is 0 Å². The van der Waals surface area contributed by atoms with Crippen LogP contribution < -0.4 is 0 Å². The van der Waals surface area contributed by atoms with Gasteiger partial charge in [-0.25, -0.2) is 4.79 Å². The summed E-state index contributed by atoms with van der Waals surface area (Å²) < 4.78 is -0.567. The van der Waals surface area contributed by atoms with Crippen LogP contribution in [0.1, 0.15) is 40.0 Å². The van der Waals surface area contributed by atoms with Crippen molar-refractivity contribution in [3.8, 4) is 0 Å². The molecule has 17 heavy (non-hydrogen) atoms. The first-order chi connectivity index (χ1) is 7.85. The number of hydrogen-bond donors (Lipinski definition) is 1. The topological polar surface area (TPSA) is 57.6 Å². The smallest absolute Gasteiger partial charge is 0.419 e. The van der Waals surface area contributed by atoms with Crippen molar-refractivity contribution < 1.29 is 14.7 Å². The van der Waals surface area contributed by atoms with Crippen molar-refractivity contribution in [2.75, 3.05) is 0 Å². The highest BCUT2D eigenvalue weighted by Gasteiger charge is 2.50. The van der Waals surface area contributed by atoms with Gasteiger partial charge in [-0.05, 0) is 19.3 Å². The first-order valence-corrected chi connectivity index (χ1v) is 6.88. The second-order valence-electron chi connectivity index (χ2n) is 4.41. The van der Waals surface area contributed by atoms with E-state index in [-0.39, 0.29) is 4.32 Å². The summed E-state index contributed by atoms with van der Waals surface area (Å²) in [6.07, 6.45) is 1.37. The molecule has 1 aliphatic rings. The van der Waals surface area contributed by atoms with E-state index in [4.69, 9.17) is 17.3 Å². The van der Waals surface area contributed by atoms with Gasteiger partial charge in [-0.1, -0.05) is 50.7 Å². The molecule has 1 aliphatic heterocycles. The number of carbonyl (C=O) groups is 2. The molecule has 4 nitrogen and oxygen atoms in total. The molecular formula is C11H17NO3S2. The minimum Gasteiger partial charge on any atom is -0.464 e. The number of carbonyl (C=O) groups excluding carboxylic acids is 1. The highest BCUT2D eigenvalue weighted by Crippen LogP contribution is 2.42. The van der Waals surface area contributed by atoms with Gasteiger partial charge in [0.1, 0.15) is 0 Å². The molecule has 1 N–H and O–H groups in total. The second kappa shape index (κ2) is 5.35. The van der Waals surface area contributed by atoms with Crippen LogP contribution in [0.4, 0.5) is 4.79 Å². The lowest BCUT2D eigenvalue weighted by Gasteiger charge is -2.24. The Morgan fingerprint density at radius 2 is 2.06 bits per heavy atom. The maximum absolute atomic E-state index is 12.1. The minimum atomic E-state index is -1.28. The summed E-state index contributed by atoms with van der Waals surface area (Å²) >= 11 is 6.15. The van der Waals surface area contributed by atoms with Gasteiger partial charge in [0.2, 0.25) is 0 Å². The van der Waals surface area contributed by atoms with Crippen LogP contribution in [0.5, 0.6) is 0 Å². The van der Waals surface area contributed by atoms with E-state index >= 15 is 0 Å². The molecule has 0 saturated carbocycles. The van der Waals surface area contributed by atoms with E-state index in [1.165, 1.54) is 11.8 Å². The third-order valence-electron chi connectivity index (χ3n) is 3.17. The number of hydrogen-bond acceptors (Lipinski definition) is 4. The third-order valence-corrected chi connectivity index (χ3v) is 4.76. The molecule has 2 amide bonds. The Hall–Kier alpha value is -0.620. The van der Waals surface area contributed by atoms with Gasteiger partial charge in [-0.3, -0.25) is 4.79 Å². The molecule has 0 bridgehead atoms. The van der Waals surface area contributed by atoms with Gasteiger partial charge in [0.25, 0.3) is 5.91 Å². The summed E-state index contributed by atoms with van der Waals surface area (Å²) in [6, 6.07) is 0.